The Morgan fingerprint density at radius 1 is 0.248 bits per heavy atom. The molecule has 0 bridgehead atoms. The Morgan fingerprint density at radius 2 is 0.425 bits per heavy atom. The molecule has 0 heterocycles. The van der Waals surface area contributed by atoms with Gasteiger partial charge in [-0.15, -0.1) is 0 Å². The highest BCUT2D eigenvalue weighted by Crippen LogP contribution is 2.45. The maximum Gasteiger partial charge on any atom is 0.472 e. The molecule has 0 aromatic carbocycles. The molecule has 0 aliphatic carbocycles. The average Bonchev–Trinajstić information content (AvgIpc) is 0.899. The number of aliphatic hydroxyl groups is 1. The van der Waals surface area contributed by atoms with Crippen LogP contribution in [0.1, 0.15) is 504 Å². The fourth-order valence-electron chi connectivity index (χ4n) is 14.7. The number of carbonyl (C=O) groups excluding carboxylic acids is 4. The van der Waals surface area contributed by atoms with Gasteiger partial charge in [0.25, 0.3) is 0 Å². The number of hydrogen-bond acceptors (Lipinski definition) is 15. The predicted octanol–water partition coefficient (Wildman–Crippen LogP) is 29.2. The lowest BCUT2D eigenvalue weighted by Crippen LogP contribution is -2.30. The van der Waals surface area contributed by atoms with Crippen molar-refractivity contribution in [1.29, 1.82) is 0 Å². The van der Waals surface area contributed by atoms with Crippen LogP contribution in [0, 0.1) is 17.8 Å². The molecule has 17 nitrogen and oxygen atoms in total. The highest BCUT2D eigenvalue weighted by atomic mass is 31.2. The van der Waals surface area contributed by atoms with E-state index in [9.17, 15) is 43.2 Å². The van der Waals surface area contributed by atoms with Crippen LogP contribution >= 0.6 is 15.6 Å². The molecule has 0 amide bonds. The number of unbranched alkanes of at least 4 members (excludes halogenated alkanes) is 57. The van der Waals surface area contributed by atoms with Crippen molar-refractivity contribution in [3.05, 3.63) is 0 Å². The number of aliphatic hydroxyl groups excluding tert-OH is 1. The number of phosphoric ester groups is 2. The van der Waals surface area contributed by atoms with Crippen LogP contribution in [-0.4, -0.2) is 96.7 Å². The highest BCUT2D eigenvalue weighted by Gasteiger charge is 2.31. The Balaban J connectivity index is 5.22. The Labute approximate surface area is 696 Å². The molecule has 0 saturated carbocycles. The van der Waals surface area contributed by atoms with E-state index in [1.165, 1.54) is 308 Å². The number of carbonyl (C=O) groups is 4. The molecule has 0 radical (unpaired) electrons. The number of phosphoric acid groups is 2. The van der Waals surface area contributed by atoms with Gasteiger partial charge in [-0.3, -0.25) is 37.3 Å². The summed E-state index contributed by atoms with van der Waals surface area (Å²) in [5.74, 6) is 0.378. The molecule has 0 rings (SSSR count). The summed E-state index contributed by atoms with van der Waals surface area (Å²) in [4.78, 5) is 73.5. The second-order valence-electron chi connectivity index (χ2n) is 34.5. The zero-order valence-corrected chi connectivity index (χ0v) is 76.7. The molecule has 3 N–H and O–H groups in total. The Bertz CT molecular complexity index is 2170. The summed E-state index contributed by atoms with van der Waals surface area (Å²) in [6, 6.07) is 0. The van der Waals surface area contributed by atoms with E-state index in [-0.39, 0.29) is 25.7 Å². The van der Waals surface area contributed by atoms with Crippen molar-refractivity contribution in [2.24, 2.45) is 17.8 Å². The molecule has 0 aliphatic heterocycles. The lowest BCUT2D eigenvalue weighted by Gasteiger charge is -2.21. The quantitative estimate of drug-likeness (QED) is 0.0222. The fraction of sp³-hybridized carbons (Fsp3) is 0.957. The lowest BCUT2D eigenvalue weighted by molar-refractivity contribution is -0.161. The van der Waals surface area contributed by atoms with Crippen molar-refractivity contribution in [3.8, 4) is 0 Å². The summed E-state index contributed by atoms with van der Waals surface area (Å²) in [6.45, 7) is 12.1. The Hall–Kier alpha value is -1.94. The van der Waals surface area contributed by atoms with Gasteiger partial charge in [0.05, 0.1) is 26.4 Å². The molecule has 5 unspecified atom stereocenters. The van der Waals surface area contributed by atoms with E-state index in [0.29, 0.717) is 25.7 Å². The van der Waals surface area contributed by atoms with Gasteiger partial charge in [-0.2, -0.15) is 0 Å². The van der Waals surface area contributed by atoms with Crippen LogP contribution in [0.5, 0.6) is 0 Å². The molecule has 0 spiro atoms. The van der Waals surface area contributed by atoms with E-state index in [1.807, 2.05) is 0 Å². The first-order valence-corrected chi connectivity index (χ1v) is 51.5. The normalized spacial score (nSPS) is 14.5. The van der Waals surface area contributed by atoms with Gasteiger partial charge in [-0.1, -0.05) is 453 Å². The first kappa shape index (κ1) is 111. The largest absolute Gasteiger partial charge is 0.472 e. The van der Waals surface area contributed by atoms with Crippen LogP contribution in [-0.2, 0) is 65.4 Å². The van der Waals surface area contributed by atoms with E-state index in [1.54, 1.807) is 0 Å². The summed E-state index contributed by atoms with van der Waals surface area (Å²) in [5, 5.41) is 10.7. The van der Waals surface area contributed by atoms with Crippen LogP contribution < -0.4 is 0 Å². The van der Waals surface area contributed by atoms with Gasteiger partial charge in [0, 0.05) is 25.7 Å². The minimum atomic E-state index is -4.97. The zero-order valence-electron chi connectivity index (χ0n) is 74.9. The van der Waals surface area contributed by atoms with Gasteiger partial charge >= 0.3 is 39.5 Å². The summed E-state index contributed by atoms with van der Waals surface area (Å²) < 4.78 is 69.1. The number of rotatable bonds is 92. The summed E-state index contributed by atoms with van der Waals surface area (Å²) in [5.41, 5.74) is 0. The van der Waals surface area contributed by atoms with Gasteiger partial charge < -0.3 is 33.8 Å². The lowest BCUT2D eigenvalue weighted by atomic mass is 9.99. The topological polar surface area (TPSA) is 237 Å². The third kappa shape index (κ3) is 83.5. The van der Waals surface area contributed by atoms with E-state index >= 15 is 0 Å². The second-order valence-corrected chi connectivity index (χ2v) is 37.4. The molecule has 19 heteroatoms. The summed E-state index contributed by atoms with van der Waals surface area (Å²) in [7, 11) is -9.94. The van der Waals surface area contributed by atoms with Crippen molar-refractivity contribution in [2.75, 3.05) is 39.6 Å². The third-order valence-electron chi connectivity index (χ3n) is 23.2. The molecular formula is C94H184O17P2. The van der Waals surface area contributed by atoms with Crippen molar-refractivity contribution in [1.82, 2.24) is 0 Å². The third-order valence-corrected chi connectivity index (χ3v) is 25.1. The Kier molecular flexibility index (Phi) is 82.3. The standard InChI is InChI=1S/C94H184O17P2/c1-8-12-13-14-15-16-17-18-19-20-21-29-34-39-44-49-54-64-71-78-94(99)111-90(82-105-92(97)76-69-62-57-56-60-67-74-87(7)11-4)84-109-113(102,103)107-80-88(95)79-106-112(100,101)108-83-89(110-93(98)77-70-63-55-50-45-40-35-30-25-23-27-32-37-42-47-52-59-66-73-86(6)10-3)81-104-91(96)75-68-61-53-48-43-38-33-28-24-22-26-31-36-41-46-51-58-65-72-85(5)9-2/h85-90,95H,8-84H2,1-7H3,(H,100,101)(H,102,103)/t85?,86?,87?,88-,89-,90-/m1/s1. The molecule has 0 saturated heterocycles. The van der Waals surface area contributed by atoms with Gasteiger partial charge in [-0.05, 0) is 43.4 Å². The van der Waals surface area contributed by atoms with Crippen molar-refractivity contribution < 1.29 is 80.2 Å². The minimum Gasteiger partial charge on any atom is -0.462 e. The van der Waals surface area contributed by atoms with Gasteiger partial charge in [0.15, 0.2) is 12.2 Å². The van der Waals surface area contributed by atoms with Crippen LogP contribution in [0.25, 0.3) is 0 Å². The molecule has 0 aromatic heterocycles. The van der Waals surface area contributed by atoms with Crippen LogP contribution in [0.2, 0.25) is 0 Å². The van der Waals surface area contributed by atoms with Gasteiger partial charge in [0.1, 0.15) is 19.3 Å². The SMILES string of the molecule is CCCCCCCCCCCCCCCCCCCCCC(=O)O[C@H](COC(=O)CCCCCCCCC(C)CC)COP(=O)(O)OC[C@H](O)COP(=O)(O)OC[C@@H](COC(=O)CCCCCCCCCCCCCCCCCCCCC(C)CC)OC(=O)CCCCCCCCCCCCCCCCCCCCC(C)CC. The Morgan fingerprint density at radius 3 is 0.628 bits per heavy atom. The maximum absolute atomic E-state index is 13.2. The summed E-state index contributed by atoms with van der Waals surface area (Å²) in [6.07, 6.45) is 77.9. The summed E-state index contributed by atoms with van der Waals surface area (Å²) >= 11 is 0. The second kappa shape index (κ2) is 83.7. The number of ether oxygens (including phenoxy) is 4. The van der Waals surface area contributed by atoms with Crippen LogP contribution in [0.4, 0.5) is 0 Å². The monoisotopic (exact) mass is 1650 g/mol. The first-order valence-electron chi connectivity index (χ1n) is 48.5. The highest BCUT2D eigenvalue weighted by molar-refractivity contribution is 7.47. The minimum absolute atomic E-state index is 0.108. The number of esters is 4. The van der Waals surface area contributed by atoms with E-state index in [4.69, 9.17) is 37.0 Å². The molecular weight excluding hydrogens is 1460 g/mol. The van der Waals surface area contributed by atoms with Crippen LogP contribution in [0.15, 0.2) is 0 Å². The molecule has 8 atom stereocenters. The zero-order chi connectivity index (χ0) is 82.9. The van der Waals surface area contributed by atoms with Gasteiger partial charge in [-0.25, -0.2) is 9.13 Å². The maximum atomic E-state index is 13.2. The van der Waals surface area contributed by atoms with E-state index in [2.05, 4.69) is 48.5 Å². The molecule has 0 aromatic rings. The molecule has 672 valence electrons. The van der Waals surface area contributed by atoms with Crippen molar-refractivity contribution in [3.63, 3.8) is 0 Å². The molecule has 113 heavy (non-hydrogen) atoms. The van der Waals surface area contributed by atoms with Crippen molar-refractivity contribution >= 4 is 39.5 Å². The van der Waals surface area contributed by atoms with E-state index in [0.717, 1.165) is 114 Å². The first-order chi connectivity index (χ1) is 54.8. The van der Waals surface area contributed by atoms with E-state index < -0.39 is 97.5 Å². The average molecular weight is 1650 g/mol. The smallest absolute Gasteiger partial charge is 0.462 e. The fourth-order valence-corrected chi connectivity index (χ4v) is 16.3. The number of hydrogen-bond donors (Lipinski definition) is 3. The van der Waals surface area contributed by atoms with Crippen molar-refractivity contribution in [2.45, 2.75) is 523 Å². The van der Waals surface area contributed by atoms with Crippen LogP contribution in [0.3, 0.4) is 0 Å². The molecule has 0 aliphatic rings. The predicted molar refractivity (Wildman–Crippen MR) is 469 cm³/mol. The van der Waals surface area contributed by atoms with Gasteiger partial charge in [0.2, 0.25) is 0 Å². The molecule has 0 fully saturated rings.